The summed E-state index contributed by atoms with van der Waals surface area (Å²) in [5.41, 5.74) is 0.711. The third-order valence-electron chi connectivity index (χ3n) is 3.33. The SMILES string of the molecule is FC(F)(F)Oc1ccc2c(cnn2C2CCCCO2)c1Br. The van der Waals surface area contributed by atoms with E-state index in [9.17, 15) is 13.2 Å². The highest BCUT2D eigenvalue weighted by atomic mass is 79.9. The molecule has 1 fully saturated rings. The molecule has 1 saturated heterocycles. The van der Waals surface area contributed by atoms with Crippen LogP contribution in [0.2, 0.25) is 0 Å². The summed E-state index contributed by atoms with van der Waals surface area (Å²) >= 11 is 3.15. The lowest BCUT2D eigenvalue weighted by molar-refractivity contribution is -0.274. The smallest absolute Gasteiger partial charge is 0.405 e. The van der Waals surface area contributed by atoms with E-state index in [2.05, 4.69) is 25.8 Å². The molecule has 0 saturated carbocycles. The van der Waals surface area contributed by atoms with Crippen LogP contribution in [0.25, 0.3) is 10.9 Å². The first-order valence-electron chi connectivity index (χ1n) is 6.49. The lowest BCUT2D eigenvalue weighted by Gasteiger charge is -2.23. The van der Waals surface area contributed by atoms with Gasteiger partial charge in [-0.15, -0.1) is 13.2 Å². The molecule has 114 valence electrons. The highest BCUT2D eigenvalue weighted by Crippen LogP contribution is 2.37. The standard InChI is InChI=1S/C13H12BrF3N2O2/c14-12-8-7-18-19(11-3-1-2-6-20-11)9(8)4-5-10(12)21-13(15,16)17/h4-5,7,11H,1-3,6H2. The van der Waals surface area contributed by atoms with Gasteiger partial charge in [0.05, 0.1) is 16.2 Å². The van der Waals surface area contributed by atoms with E-state index < -0.39 is 6.36 Å². The van der Waals surface area contributed by atoms with Gasteiger partial charge in [-0.05, 0) is 47.3 Å². The van der Waals surface area contributed by atoms with Crippen molar-refractivity contribution in [2.45, 2.75) is 31.9 Å². The van der Waals surface area contributed by atoms with Gasteiger partial charge >= 0.3 is 6.36 Å². The summed E-state index contributed by atoms with van der Waals surface area (Å²) in [6.45, 7) is 0.669. The van der Waals surface area contributed by atoms with Crippen molar-refractivity contribution in [2.75, 3.05) is 6.61 Å². The summed E-state index contributed by atoms with van der Waals surface area (Å²) in [4.78, 5) is 0. The van der Waals surface area contributed by atoms with Crippen molar-refractivity contribution in [3.8, 4) is 5.75 Å². The Hall–Kier alpha value is -1.28. The number of aromatic nitrogens is 2. The van der Waals surface area contributed by atoms with Gasteiger partial charge in [0.15, 0.2) is 6.23 Å². The van der Waals surface area contributed by atoms with Crippen molar-refractivity contribution in [1.82, 2.24) is 9.78 Å². The van der Waals surface area contributed by atoms with Crippen LogP contribution in [0.5, 0.6) is 5.75 Å². The second kappa shape index (κ2) is 5.49. The number of alkyl halides is 3. The summed E-state index contributed by atoms with van der Waals surface area (Å²) < 4.78 is 48.6. The van der Waals surface area contributed by atoms with Crippen LogP contribution in [-0.2, 0) is 4.74 Å². The molecule has 2 heterocycles. The highest BCUT2D eigenvalue weighted by molar-refractivity contribution is 9.10. The number of fused-ring (bicyclic) bond motifs is 1. The van der Waals surface area contributed by atoms with Crippen LogP contribution in [0.4, 0.5) is 13.2 Å². The molecule has 1 aromatic carbocycles. The van der Waals surface area contributed by atoms with Gasteiger partial charge in [-0.3, -0.25) is 0 Å². The van der Waals surface area contributed by atoms with E-state index in [1.54, 1.807) is 10.7 Å². The minimum Gasteiger partial charge on any atom is -0.405 e. The van der Waals surface area contributed by atoms with Gasteiger partial charge < -0.3 is 9.47 Å². The molecular formula is C13H12BrF3N2O2. The molecule has 1 aliphatic rings. The lowest BCUT2D eigenvalue weighted by atomic mass is 10.2. The molecule has 0 bridgehead atoms. The molecule has 8 heteroatoms. The van der Waals surface area contributed by atoms with Crippen molar-refractivity contribution in [3.63, 3.8) is 0 Å². The fourth-order valence-corrected chi connectivity index (χ4v) is 2.94. The predicted octanol–water partition coefficient (Wildman–Crippen LogP) is 4.40. The maximum absolute atomic E-state index is 12.3. The van der Waals surface area contributed by atoms with Crippen molar-refractivity contribution in [2.24, 2.45) is 0 Å². The Morgan fingerprint density at radius 2 is 2.14 bits per heavy atom. The monoisotopic (exact) mass is 364 g/mol. The summed E-state index contributed by atoms with van der Waals surface area (Å²) in [7, 11) is 0. The van der Waals surface area contributed by atoms with Crippen LogP contribution >= 0.6 is 15.9 Å². The topological polar surface area (TPSA) is 36.3 Å². The van der Waals surface area contributed by atoms with Gasteiger partial charge in [-0.1, -0.05) is 0 Å². The molecule has 4 nitrogen and oxygen atoms in total. The number of hydrogen-bond acceptors (Lipinski definition) is 3. The van der Waals surface area contributed by atoms with Crippen molar-refractivity contribution < 1.29 is 22.6 Å². The molecule has 0 aliphatic carbocycles. The summed E-state index contributed by atoms with van der Waals surface area (Å²) in [6, 6.07) is 2.84. The Balaban J connectivity index is 1.98. The van der Waals surface area contributed by atoms with Gasteiger partial charge in [0.1, 0.15) is 5.75 Å². The number of halogens is 4. The molecule has 0 radical (unpaired) electrons. The molecule has 0 amide bonds. The number of ether oxygens (including phenoxy) is 2. The van der Waals surface area contributed by atoms with Crippen LogP contribution in [-0.4, -0.2) is 22.7 Å². The molecule has 0 N–H and O–H groups in total. The average Bonchev–Trinajstić information content (AvgIpc) is 2.86. The van der Waals surface area contributed by atoms with Gasteiger partial charge in [0.25, 0.3) is 0 Å². The van der Waals surface area contributed by atoms with Crippen LogP contribution < -0.4 is 4.74 Å². The average molecular weight is 365 g/mol. The fraction of sp³-hybridized carbons (Fsp3) is 0.462. The molecule has 1 atom stereocenters. The molecular weight excluding hydrogens is 353 g/mol. The van der Waals surface area contributed by atoms with Gasteiger partial charge in [0, 0.05) is 12.0 Å². The predicted molar refractivity (Wildman–Crippen MR) is 73.0 cm³/mol. The zero-order chi connectivity index (χ0) is 15.0. The first kappa shape index (κ1) is 14.6. The number of rotatable bonds is 2. The van der Waals surface area contributed by atoms with Gasteiger partial charge in [-0.2, -0.15) is 5.10 Å². The van der Waals surface area contributed by atoms with Crippen molar-refractivity contribution in [1.29, 1.82) is 0 Å². The Morgan fingerprint density at radius 1 is 1.33 bits per heavy atom. The van der Waals surface area contributed by atoms with E-state index in [0.29, 0.717) is 17.5 Å². The van der Waals surface area contributed by atoms with Crippen LogP contribution in [0.15, 0.2) is 22.8 Å². The molecule has 1 unspecified atom stereocenters. The summed E-state index contributed by atoms with van der Waals surface area (Å²) in [6.07, 6.45) is -0.475. The van der Waals surface area contributed by atoms with Crippen LogP contribution in [0.3, 0.4) is 0 Å². The second-order valence-corrected chi connectivity index (χ2v) is 5.56. The van der Waals surface area contributed by atoms with Gasteiger partial charge in [-0.25, -0.2) is 4.68 Å². The maximum Gasteiger partial charge on any atom is 0.573 e. The van der Waals surface area contributed by atoms with Crippen LogP contribution in [0, 0.1) is 0 Å². The minimum atomic E-state index is -4.72. The number of nitrogens with zero attached hydrogens (tertiary/aromatic N) is 2. The van der Waals surface area contributed by atoms with Crippen molar-refractivity contribution in [3.05, 3.63) is 22.8 Å². The largest absolute Gasteiger partial charge is 0.573 e. The molecule has 1 aromatic heterocycles. The lowest BCUT2D eigenvalue weighted by Crippen LogP contribution is -2.19. The van der Waals surface area contributed by atoms with Gasteiger partial charge in [0.2, 0.25) is 0 Å². The molecule has 3 rings (SSSR count). The first-order valence-corrected chi connectivity index (χ1v) is 7.28. The Bertz CT molecular complexity index is 651. The highest BCUT2D eigenvalue weighted by Gasteiger charge is 2.32. The van der Waals surface area contributed by atoms with E-state index >= 15 is 0 Å². The zero-order valence-electron chi connectivity index (χ0n) is 10.9. The number of hydrogen-bond donors (Lipinski definition) is 0. The van der Waals surface area contributed by atoms with E-state index in [0.717, 1.165) is 19.3 Å². The minimum absolute atomic E-state index is 0.169. The quantitative estimate of drug-likeness (QED) is 0.792. The second-order valence-electron chi connectivity index (χ2n) is 4.77. The molecule has 0 spiro atoms. The third-order valence-corrected chi connectivity index (χ3v) is 4.15. The Labute approximate surface area is 126 Å². The third kappa shape index (κ3) is 3.01. The summed E-state index contributed by atoms with van der Waals surface area (Å²) in [5.74, 6) is -0.279. The maximum atomic E-state index is 12.3. The van der Waals surface area contributed by atoms with E-state index in [4.69, 9.17) is 4.74 Å². The van der Waals surface area contributed by atoms with E-state index in [-0.39, 0.29) is 16.5 Å². The molecule has 21 heavy (non-hydrogen) atoms. The van der Waals surface area contributed by atoms with Crippen LogP contribution in [0.1, 0.15) is 25.5 Å². The van der Waals surface area contributed by atoms with E-state index in [1.807, 2.05) is 0 Å². The Morgan fingerprint density at radius 3 is 2.81 bits per heavy atom. The van der Waals surface area contributed by atoms with E-state index in [1.165, 1.54) is 12.3 Å². The molecule has 2 aromatic rings. The summed E-state index contributed by atoms with van der Waals surface area (Å²) in [5, 5.41) is 4.80. The van der Waals surface area contributed by atoms with Crippen molar-refractivity contribution >= 4 is 26.8 Å². The first-order chi connectivity index (χ1) is 9.96. The Kier molecular flexibility index (Phi) is 3.83. The molecule has 1 aliphatic heterocycles. The normalized spacial score (nSPS) is 19.9. The number of benzene rings is 1. The zero-order valence-corrected chi connectivity index (χ0v) is 12.4. The fourth-order valence-electron chi connectivity index (χ4n) is 2.42.